The van der Waals surface area contributed by atoms with Crippen LogP contribution in [0.25, 0.3) is 0 Å². The Bertz CT molecular complexity index is 563. The Balaban J connectivity index is 2.76. The van der Waals surface area contributed by atoms with E-state index in [0.717, 1.165) is 12.5 Å². The van der Waals surface area contributed by atoms with E-state index in [2.05, 4.69) is 75.8 Å². The van der Waals surface area contributed by atoms with Gasteiger partial charge in [-0.2, -0.15) is 0 Å². The summed E-state index contributed by atoms with van der Waals surface area (Å²) in [6, 6.07) is 13.4. The number of rotatable bonds is 11. The summed E-state index contributed by atoms with van der Waals surface area (Å²) in [6.45, 7) is 19.8. The molecule has 0 saturated carbocycles. The molecule has 140 valence electrons. The van der Waals surface area contributed by atoms with Gasteiger partial charge in [-0.25, -0.2) is 0 Å². The molecule has 0 atom stereocenters. The molecule has 1 aromatic carbocycles. The highest BCUT2D eigenvalue weighted by molar-refractivity contribution is 6.92. The lowest BCUT2D eigenvalue weighted by molar-refractivity contribution is -0.128. The molecule has 0 N–H and O–H groups in total. The van der Waals surface area contributed by atoms with Crippen molar-refractivity contribution in [2.75, 3.05) is 6.61 Å². The van der Waals surface area contributed by atoms with Crippen molar-refractivity contribution in [3.8, 4) is 0 Å². The molecule has 0 amide bonds. The number of hydrogen-bond acceptors (Lipinski definition) is 2. The summed E-state index contributed by atoms with van der Waals surface area (Å²) in [4.78, 5) is 10.3. The van der Waals surface area contributed by atoms with E-state index in [0.29, 0.717) is 13.1 Å². The molecule has 1 rings (SSSR count). The molecule has 25 heavy (non-hydrogen) atoms. The normalized spacial score (nSPS) is 12.7. The second-order valence-corrected chi connectivity index (χ2v) is 23.7. The van der Waals surface area contributed by atoms with Gasteiger partial charge in [0.1, 0.15) is 0 Å². The quantitative estimate of drug-likeness (QED) is 0.314. The van der Waals surface area contributed by atoms with E-state index >= 15 is 0 Å². The van der Waals surface area contributed by atoms with Crippen molar-refractivity contribution in [3.63, 3.8) is 0 Å². The van der Waals surface area contributed by atoms with Crippen LogP contribution in [0.3, 0.4) is 0 Å². The van der Waals surface area contributed by atoms with Crippen molar-refractivity contribution in [2.24, 2.45) is 0 Å². The first-order valence-corrected chi connectivity index (χ1v) is 19.0. The SMILES string of the molecule is C=C[Si](C)(C)CC[Si](C)(C)c1ccc([Si](C)(C)CCCOC=O)cc1. The number of ether oxygens (including phenoxy) is 1. The molecule has 0 bridgehead atoms. The van der Waals surface area contributed by atoms with Crippen LogP contribution in [0.4, 0.5) is 0 Å². The van der Waals surface area contributed by atoms with E-state index < -0.39 is 24.2 Å². The number of carbonyl (C=O) groups is 1. The van der Waals surface area contributed by atoms with Crippen LogP contribution in [0.5, 0.6) is 0 Å². The van der Waals surface area contributed by atoms with Gasteiger partial charge >= 0.3 is 0 Å². The second-order valence-electron chi connectivity index (χ2n) is 9.11. The molecule has 5 heteroatoms. The minimum atomic E-state index is -1.45. The first kappa shape index (κ1) is 22.1. The van der Waals surface area contributed by atoms with E-state index in [4.69, 9.17) is 4.74 Å². The lowest BCUT2D eigenvalue weighted by Crippen LogP contribution is -2.46. The highest BCUT2D eigenvalue weighted by Crippen LogP contribution is 2.21. The lowest BCUT2D eigenvalue weighted by atomic mass is 10.4. The molecule has 0 aliphatic heterocycles. The monoisotopic (exact) mass is 392 g/mol. The molecule has 1 aromatic rings. The third kappa shape index (κ3) is 7.07. The van der Waals surface area contributed by atoms with Crippen LogP contribution in [-0.4, -0.2) is 37.3 Å². The Morgan fingerprint density at radius 1 is 0.880 bits per heavy atom. The molecule has 0 fully saturated rings. The van der Waals surface area contributed by atoms with Crippen molar-refractivity contribution in [1.29, 1.82) is 0 Å². The summed E-state index contributed by atoms with van der Waals surface area (Å²) in [5.74, 6) is 0. The van der Waals surface area contributed by atoms with E-state index in [1.807, 2.05) is 0 Å². The topological polar surface area (TPSA) is 26.3 Å². The summed E-state index contributed by atoms with van der Waals surface area (Å²) in [6.07, 6.45) is 0.960. The third-order valence-electron chi connectivity index (χ3n) is 5.53. The van der Waals surface area contributed by atoms with Gasteiger partial charge in [-0.05, 0) is 6.42 Å². The Kier molecular flexibility index (Phi) is 8.09. The minimum absolute atomic E-state index is 0.543. The molecule has 0 aliphatic carbocycles. The summed E-state index contributed by atoms with van der Waals surface area (Å²) in [7, 11) is -4.05. The maximum absolute atomic E-state index is 10.3. The average molecular weight is 393 g/mol. The van der Waals surface area contributed by atoms with Gasteiger partial charge < -0.3 is 4.74 Å². The van der Waals surface area contributed by atoms with Crippen molar-refractivity contribution in [1.82, 2.24) is 0 Å². The lowest BCUT2D eigenvalue weighted by Gasteiger charge is -2.28. The fourth-order valence-electron chi connectivity index (χ4n) is 3.04. The molecule has 0 aliphatic rings. The summed E-state index contributed by atoms with van der Waals surface area (Å²) < 4.78 is 4.84. The molecule has 0 unspecified atom stereocenters. The van der Waals surface area contributed by atoms with Crippen molar-refractivity contribution in [2.45, 2.75) is 63.8 Å². The summed E-state index contributed by atoms with van der Waals surface area (Å²) in [5, 5.41) is 3.08. The van der Waals surface area contributed by atoms with Crippen LogP contribution in [0.2, 0.25) is 57.4 Å². The Morgan fingerprint density at radius 2 is 1.36 bits per heavy atom. The highest BCUT2D eigenvalue weighted by Gasteiger charge is 2.28. The van der Waals surface area contributed by atoms with Crippen LogP contribution in [-0.2, 0) is 9.53 Å². The molecule has 0 radical (unpaired) electrons. The molecular weight excluding hydrogens is 356 g/mol. The van der Waals surface area contributed by atoms with Crippen LogP contribution >= 0.6 is 0 Å². The fraction of sp³-hybridized carbons (Fsp3) is 0.550. The Hall–Kier alpha value is -0.919. The van der Waals surface area contributed by atoms with Crippen LogP contribution in [0.1, 0.15) is 6.42 Å². The third-order valence-corrected chi connectivity index (χ3v) is 15.6. The van der Waals surface area contributed by atoms with Crippen molar-refractivity contribution < 1.29 is 9.53 Å². The van der Waals surface area contributed by atoms with Gasteiger partial charge in [-0.15, -0.1) is 12.3 Å². The zero-order chi connectivity index (χ0) is 19.1. The maximum Gasteiger partial charge on any atom is 0.293 e. The smallest absolute Gasteiger partial charge is 0.293 e. The van der Waals surface area contributed by atoms with E-state index in [1.54, 1.807) is 5.19 Å². The average Bonchev–Trinajstić information content (AvgIpc) is 2.57. The molecule has 0 spiro atoms. The molecule has 0 heterocycles. The summed E-state index contributed by atoms with van der Waals surface area (Å²) in [5.41, 5.74) is 2.23. The van der Waals surface area contributed by atoms with Crippen LogP contribution < -0.4 is 10.4 Å². The van der Waals surface area contributed by atoms with Gasteiger partial charge in [-0.1, -0.05) is 92.1 Å². The van der Waals surface area contributed by atoms with E-state index in [9.17, 15) is 4.79 Å². The standard InChI is InChI=1S/C20H36O2Si3/c1-8-23(2,3)16-17-25(6,7)20-12-10-19(11-13-20)24(4,5)15-9-14-22-18-21/h8,10-13,18H,1,9,14-17H2,2-7H3. The van der Waals surface area contributed by atoms with Gasteiger partial charge in [0, 0.05) is 0 Å². The van der Waals surface area contributed by atoms with Crippen molar-refractivity contribution in [3.05, 3.63) is 36.5 Å². The predicted octanol–water partition coefficient (Wildman–Crippen LogP) is 4.51. The van der Waals surface area contributed by atoms with E-state index in [1.165, 1.54) is 17.3 Å². The molecule has 0 saturated heterocycles. The fourth-order valence-corrected chi connectivity index (χ4v) is 12.1. The Morgan fingerprint density at radius 3 is 1.80 bits per heavy atom. The van der Waals surface area contributed by atoms with Gasteiger partial charge in [-0.3, -0.25) is 4.79 Å². The first-order valence-electron chi connectivity index (χ1n) is 9.34. The predicted molar refractivity (Wildman–Crippen MR) is 119 cm³/mol. The first-order chi connectivity index (χ1) is 11.5. The zero-order valence-corrected chi connectivity index (χ0v) is 20.0. The van der Waals surface area contributed by atoms with Crippen LogP contribution in [0, 0.1) is 0 Å². The molecular formula is C20H36O2Si3. The Labute approximate surface area is 157 Å². The summed E-state index contributed by atoms with van der Waals surface area (Å²) >= 11 is 0. The highest BCUT2D eigenvalue weighted by atomic mass is 28.3. The van der Waals surface area contributed by atoms with Gasteiger partial charge in [0.05, 0.1) is 30.8 Å². The van der Waals surface area contributed by atoms with Crippen molar-refractivity contribution >= 4 is 41.1 Å². The van der Waals surface area contributed by atoms with Gasteiger partial charge in [0.15, 0.2) is 0 Å². The van der Waals surface area contributed by atoms with Gasteiger partial charge in [0.2, 0.25) is 0 Å². The molecule has 2 nitrogen and oxygen atoms in total. The molecule has 0 aromatic heterocycles. The number of carbonyl (C=O) groups excluding carboxylic acids is 1. The second kappa shape index (κ2) is 9.14. The maximum atomic E-state index is 10.3. The largest absolute Gasteiger partial charge is 0.468 e. The minimum Gasteiger partial charge on any atom is -0.468 e. The van der Waals surface area contributed by atoms with Gasteiger partial charge in [0.25, 0.3) is 6.47 Å². The van der Waals surface area contributed by atoms with E-state index in [-0.39, 0.29) is 0 Å². The van der Waals surface area contributed by atoms with Crippen LogP contribution in [0.15, 0.2) is 36.5 Å². The number of hydrogen-bond donors (Lipinski definition) is 0. The number of benzene rings is 1. The zero-order valence-electron chi connectivity index (χ0n) is 17.0.